The fraction of sp³-hybridized carbons (Fsp3) is 0.529. The van der Waals surface area contributed by atoms with Crippen molar-refractivity contribution in [2.24, 2.45) is 0 Å². The number of nitrogens with zero attached hydrogens (tertiary/aromatic N) is 1. The number of piperidine rings is 1. The van der Waals surface area contributed by atoms with E-state index in [1.165, 1.54) is 0 Å². The van der Waals surface area contributed by atoms with Crippen molar-refractivity contribution >= 4 is 11.8 Å². The molecule has 2 aliphatic rings. The zero-order valence-electron chi connectivity index (χ0n) is 13.3. The van der Waals surface area contributed by atoms with E-state index in [0.717, 1.165) is 0 Å². The van der Waals surface area contributed by atoms with Gasteiger partial charge in [0.15, 0.2) is 5.79 Å². The minimum atomic E-state index is -0.554. The number of amides is 2. The molecule has 124 valence electrons. The monoisotopic (exact) mass is 318 g/mol. The van der Waals surface area contributed by atoms with Crippen LogP contribution in [-0.4, -0.2) is 54.8 Å². The summed E-state index contributed by atoms with van der Waals surface area (Å²) in [6, 6.07) is 8.35. The van der Waals surface area contributed by atoms with Crippen LogP contribution >= 0.6 is 0 Å². The van der Waals surface area contributed by atoms with Crippen molar-refractivity contribution in [1.29, 1.82) is 0 Å². The molecule has 2 aliphatic heterocycles. The average molecular weight is 318 g/mol. The van der Waals surface area contributed by atoms with Crippen molar-refractivity contribution in [3.05, 3.63) is 35.9 Å². The molecule has 1 unspecified atom stereocenters. The second kappa shape index (κ2) is 6.68. The molecule has 2 fully saturated rings. The number of hydrogen-bond acceptors (Lipinski definition) is 4. The first-order valence-electron chi connectivity index (χ1n) is 8.02. The summed E-state index contributed by atoms with van der Waals surface area (Å²) in [7, 11) is 0. The highest BCUT2D eigenvalue weighted by molar-refractivity contribution is 5.97. The van der Waals surface area contributed by atoms with Crippen LogP contribution in [0.2, 0.25) is 0 Å². The molecule has 2 heterocycles. The summed E-state index contributed by atoms with van der Waals surface area (Å²) in [5.41, 5.74) is 0.553. The highest BCUT2D eigenvalue weighted by atomic mass is 16.7. The third kappa shape index (κ3) is 3.54. The topological polar surface area (TPSA) is 67.9 Å². The van der Waals surface area contributed by atoms with Crippen LogP contribution in [0.1, 0.15) is 30.1 Å². The van der Waals surface area contributed by atoms with Gasteiger partial charge in [-0.15, -0.1) is 0 Å². The summed E-state index contributed by atoms with van der Waals surface area (Å²) in [5.74, 6) is -0.794. The molecule has 0 radical (unpaired) electrons. The summed E-state index contributed by atoms with van der Waals surface area (Å²) < 4.78 is 11.3. The quantitative estimate of drug-likeness (QED) is 0.908. The van der Waals surface area contributed by atoms with Gasteiger partial charge in [-0.2, -0.15) is 0 Å². The maximum atomic E-state index is 12.5. The second-order valence-corrected chi connectivity index (χ2v) is 5.99. The number of hydrogen-bond donors (Lipinski definition) is 1. The van der Waals surface area contributed by atoms with Crippen LogP contribution in [0, 0.1) is 0 Å². The lowest BCUT2D eigenvalue weighted by Gasteiger charge is -2.38. The van der Waals surface area contributed by atoms with Crippen LogP contribution in [0.3, 0.4) is 0 Å². The Kier molecular flexibility index (Phi) is 4.63. The molecule has 1 spiro atoms. The Labute approximate surface area is 135 Å². The van der Waals surface area contributed by atoms with Crippen LogP contribution in [-0.2, 0) is 14.3 Å². The van der Waals surface area contributed by atoms with Gasteiger partial charge in [-0.1, -0.05) is 18.2 Å². The smallest absolute Gasteiger partial charge is 0.251 e. The van der Waals surface area contributed by atoms with E-state index in [2.05, 4.69) is 5.32 Å². The molecule has 1 aromatic rings. The number of rotatable bonds is 3. The van der Waals surface area contributed by atoms with Crippen molar-refractivity contribution < 1.29 is 19.1 Å². The Morgan fingerprint density at radius 1 is 1.13 bits per heavy atom. The molecule has 0 saturated carbocycles. The summed E-state index contributed by atoms with van der Waals surface area (Å²) in [6.45, 7) is 4.14. The first-order chi connectivity index (χ1) is 11.1. The molecule has 1 aromatic carbocycles. The second-order valence-electron chi connectivity index (χ2n) is 5.99. The molecule has 23 heavy (non-hydrogen) atoms. The van der Waals surface area contributed by atoms with Gasteiger partial charge < -0.3 is 19.7 Å². The zero-order chi connectivity index (χ0) is 16.3. The third-order valence-electron chi connectivity index (χ3n) is 4.40. The van der Waals surface area contributed by atoms with Gasteiger partial charge in [0.2, 0.25) is 5.91 Å². The highest BCUT2D eigenvalue weighted by Gasteiger charge is 2.41. The van der Waals surface area contributed by atoms with E-state index in [1.54, 1.807) is 36.1 Å². The van der Waals surface area contributed by atoms with Crippen molar-refractivity contribution in [3.63, 3.8) is 0 Å². The van der Waals surface area contributed by atoms with Crippen LogP contribution in [0.25, 0.3) is 0 Å². The Morgan fingerprint density at radius 2 is 1.74 bits per heavy atom. The van der Waals surface area contributed by atoms with Crippen LogP contribution in [0.5, 0.6) is 0 Å². The number of benzene rings is 1. The molecular weight excluding hydrogens is 296 g/mol. The van der Waals surface area contributed by atoms with Crippen molar-refractivity contribution in [1.82, 2.24) is 10.2 Å². The van der Waals surface area contributed by atoms with E-state index < -0.39 is 11.8 Å². The maximum absolute atomic E-state index is 12.5. The van der Waals surface area contributed by atoms with E-state index >= 15 is 0 Å². The molecule has 2 amide bonds. The Hall–Kier alpha value is -1.92. The predicted molar refractivity (Wildman–Crippen MR) is 83.8 cm³/mol. The first kappa shape index (κ1) is 16.0. The summed E-state index contributed by atoms with van der Waals surface area (Å²) in [4.78, 5) is 26.4. The molecule has 0 bridgehead atoms. The van der Waals surface area contributed by atoms with Gasteiger partial charge in [-0.25, -0.2) is 0 Å². The van der Waals surface area contributed by atoms with Crippen LogP contribution < -0.4 is 5.32 Å². The lowest BCUT2D eigenvalue weighted by molar-refractivity contribution is -0.187. The van der Waals surface area contributed by atoms with E-state index in [1.807, 2.05) is 6.07 Å². The minimum Gasteiger partial charge on any atom is -0.347 e. The van der Waals surface area contributed by atoms with Gasteiger partial charge in [-0.05, 0) is 19.1 Å². The minimum absolute atomic E-state index is 0.0675. The third-order valence-corrected chi connectivity index (χ3v) is 4.40. The SMILES string of the molecule is CC(NC(=O)c1ccccc1)C(=O)N1CCC2(CC1)OCCO2. The molecule has 1 atom stereocenters. The number of ether oxygens (including phenoxy) is 2. The normalized spacial score (nSPS) is 21.2. The van der Waals surface area contributed by atoms with Gasteiger partial charge in [-0.3, -0.25) is 9.59 Å². The van der Waals surface area contributed by atoms with E-state index in [4.69, 9.17) is 9.47 Å². The van der Waals surface area contributed by atoms with E-state index in [0.29, 0.717) is 44.7 Å². The zero-order valence-corrected chi connectivity index (χ0v) is 13.3. The molecule has 2 saturated heterocycles. The van der Waals surface area contributed by atoms with Gasteiger partial charge >= 0.3 is 0 Å². The van der Waals surface area contributed by atoms with Gasteiger partial charge in [0, 0.05) is 31.5 Å². The molecule has 3 rings (SSSR count). The van der Waals surface area contributed by atoms with Crippen molar-refractivity contribution in [2.75, 3.05) is 26.3 Å². The summed E-state index contributed by atoms with van der Waals surface area (Å²) >= 11 is 0. The number of nitrogens with one attached hydrogen (secondary N) is 1. The Bertz CT molecular complexity index is 559. The van der Waals surface area contributed by atoms with Crippen LogP contribution in [0.15, 0.2) is 30.3 Å². The average Bonchev–Trinajstić information content (AvgIpc) is 3.03. The Balaban J connectivity index is 1.53. The lowest BCUT2D eigenvalue weighted by Crippen LogP contribution is -2.52. The van der Waals surface area contributed by atoms with Crippen molar-refractivity contribution in [2.45, 2.75) is 31.6 Å². The van der Waals surface area contributed by atoms with Crippen LogP contribution in [0.4, 0.5) is 0 Å². The molecule has 6 heteroatoms. The number of likely N-dealkylation sites (tertiary alicyclic amines) is 1. The molecule has 0 aromatic heterocycles. The summed E-state index contributed by atoms with van der Waals surface area (Å²) in [5, 5.41) is 2.76. The van der Waals surface area contributed by atoms with E-state index in [9.17, 15) is 9.59 Å². The highest BCUT2D eigenvalue weighted by Crippen LogP contribution is 2.31. The molecular formula is C17H22N2O4. The Morgan fingerprint density at radius 3 is 2.35 bits per heavy atom. The molecule has 1 N–H and O–H groups in total. The van der Waals surface area contributed by atoms with E-state index in [-0.39, 0.29) is 11.8 Å². The first-order valence-corrected chi connectivity index (χ1v) is 8.02. The van der Waals surface area contributed by atoms with Crippen molar-refractivity contribution in [3.8, 4) is 0 Å². The van der Waals surface area contributed by atoms with Gasteiger partial charge in [0.25, 0.3) is 5.91 Å². The number of carbonyl (C=O) groups is 2. The number of carbonyl (C=O) groups excluding carboxylic acids is 2. The molecule has 6 nitrogen and oxygen atoms in total. The maximum Gasteiger partial charge on any atom is 0.251 e. The summed E-state index contributed by atoms with van der Waals surface area (Å²) in [6.07, 6.45) is 1.36. The van der Waals surface area contributed by atoms with Gasteiger partial charge in [0.05, 0.1) is 13.2 Å². The van der Waals surface area contributed by atoms with Gasteiger partial charge in [0.1, 0.15) is 6.04 Å². The predicted octanol–water partition coefficient (Wildman–Crippen LogP) is 1.17. The largest absolute Gasteiger partial charge is 0.347 e. The fourth-order valence-electron chi connectivity index (χ4n) is 3.06. The lowest BCUT2D eigenvalue weighted by atomic mass is 10.0. The molecule has 0 aliphatic carbocycles. The standard InChI is InChI=1S/C17H22N2O4/c1-13(18-15(20)14-5-3-2-4-6-14)16(21)19-9-7-17(8-10-19)22-11-12-23-17/h2-6,13H,7-12H2,1H3,(H,18,20). The fourth-order valence-corrected chi connectivity index (χ4v) is 3.06.